The van der Waals surface area contributed by atoms with E-state index in [1.165, 1.54) is 5.69 Å². The van der Waals surface area contributed by atoms with Crippen LogP contribution in [0.4, 0.5) is 5.69 Å². The van der Waals surface area contributed by atoms with Gasteiger partial charge in [-0.25, -0.2) is 0 Å². The Hall–Kier alpha value is -2.66. The molecule has 0 fully saturated rings. The average Bonchev–Trinajstić information content (AvgIpc) is 2.97. The van der Waals surface area contributed by atoms with E-state index in [9.17, 15) is 9.90 Å². The molecule has 0 saturated carbocycles. The van der Waals surface area contributed by atoms with Crippen molar-refractivity contribution in [3.05, 3.63) is 46.1 Å². The van der Waals surface area contributed by atoms with Gasteiger partial charge in [0.1, 0.15) is 11.4 Å². The van der Waals surface area contributed by atoms with Crippen molar-refractivity contribution in [3.8, 4) is 16.9 Å². The van der Waals surface area contributed by atoms with Crippen LogP contribution in [-0.4, -0.2) is 34.3 Å². The minimum Gasteiger partial charge on any atom is -0.487 e. The van der Waals surface area contributed by atoms with Crippen molar-refractivity contribution in [3.63, 3.8) is 0 Å². The summed E-state index contributed by atoms with van der Waals surface area (Å²) >= 11 is 6.34. The molecular formula is C26H31ClN2O3. The smallest absolute Gasteiger partial charge is 0.307 e. The molecule has 170 valence electrons. The second-order valence-corrected chi connectivity index (χ2v) is 10.3. The molecule has 0 aliphatic carbocycles. The molecule has 0 unspecified atom stereocenters. The fourth-order valence-corrected chi connectivity index (χ4v) is 5.03. The molecule has 2 heterocycles. The Morgan fingerprint density at radius 1 is 1.25 bits per heavy atom. The summed E-state index contributed by atoms with van der Waals surface area (Å²) in [6.45, 7) is 13.2. The molecule has 0 radical (unpaired) electrons. The van der Waals surface area contributed by atoms with Crippen molar-refractivity contribution in [2.24, 2.45) is 0 Å². The molecule has 4 rings (SSSR count). The van der Waals surface area contributed by atoms with Crippen LogP contribution in [0.2, 0.25) is 5.02 Å². The van der Waals surface area contributed by atoms with Crippen molar-refractivity contribution in [1.29, 1.82) is 0 Å². The van der Waals surface area contributed by atoms with Crippen LogP contribution < -0.4 is 9.64 Å². The quantitative estimate of drug-likeness (QED) is 0.508. The van der Waals surface area contributed by atoms with Gasteiger partial charge in [-0.15, -0.1) is 0 Å². The van der Waals surface area contributed by atoms with Crippen LogP contribution in [0.5, 0.6) is 5.75 Å². The molecule has 32 heavy (non-hydrogen) atoms. The van der Waals surface area contributed by atoms with Crippen molar-refractivity contribution in [1.82, 2.24) is 4.57 Å². The molecule has 0 bridgehead atoms. The monoisotopic (exact) mass is 454 g/mol. The van der Waals surface area contributed by atoms with Gasteiger partial charge >= 0.3 is 5.97 Å². The van der Waals surface area contributed by atoms with E-state index >= 15 is 0 Å². The van der Waals surface area contributed by atoms with Gasteiger partial charge < -0.3 is 19.3 Å². The summed E-state index contributed by atoms with van der Waals surface area (Å²) < 4.78 is 8.67. The predicted octanol–water partition coefficient (Wildman–Crippen LogP) is 6.22. The third kappa shape index (κ3) is 3.73. The molecule has 0 amide bonds. The lowest BCUT2D eigenvalue weighted by atomic mass is 9.88. The Labute approximate surface area is 194 Å². The van der Waals surface area contributed by atoms with E-state index in [2.05, 4.69) is 36.4 Å². The van der Waals surface area contributed by atoms with Crippen LogP contribution in [0.25, 0.3) is 22.0 Å². The number of halogens is 1. The van der Waals surface area contributed by atoms with E-state index in [1.807, 2.05) is 45.9 Å². The molecule has 3 aromatic rings. The minimum atomic E-state index is -0.851. The first kappa shape index (κ1) is 22.5. The SMILES string of the molecule is Cc1c(CC(=O)O)c(-c2ccc(Cl)cc2OC(C)(C)C)c2cc(C)n3c2c1N(C)[C@@H](C)C3. The molecule has 0 spiro atoms. The fourth-order valence-electron chi connectivity index (χ4n) is 4.86. The molecule has 2 aromatic carbocycles. The van der Waals surface area contributed by atoms with Gasteiger partial charge in [0.2, 0.25) is 0 Å². The van der Waals surface area contributed by atoms with E-state index < -0.39 is 11.6 Å². The highest BCUT2D eigenvalue weighted by Crippen LogP contribution is 2.48. The van der Waals surface area contributed by atoms with Gasteiger partial charge in [-0.1, -0.05) is 11.6 Å². The van der Waals surface area contributed by atoms with E-state index in [0.717, 1.165) is 45.4 Å². The molecule has 0 saturated heterocycles. The number of carboxylic acids is 1. The van der Waals surface area contributed by atoms with Crippen molar-refractivity contribution in [2.75, 3.05) is 11.9 Å². The highest BCUT2D eigenvalue weighted by molar-refractivity contribution is 6.31. The van der Waals surface area contributed by atoms with Gasteiger partial charge in [0.15, 0.2) is 0 Å². The minimum absolute atomic E-state index is 0.0614. The average molecular weight is 455 g/mol. The number of anilines is 1. The zero-order valence-corrected chi connectivity index (χ0v) is 20.6. The standard InChI is InChI=1S/C26H31ClN2O3/c1-14-10-20-23(18-9-8-17(27)11-21(18)32-26(4,5)6)19(12-22(30)31)16(3)24-25(20)29(14)13-15(2)28(24)7/h8-11,15H,12-13H2,1-7H3,(H,30,31)/t15-/m0/s1. The Balaban J connectivity index is 2.14. The lowest BCUT2D eigenvalue weighted by Crippen LogP contribution is -2.37. The number of rotatable bonds is 4. The maximum Gasteiger partial charge on any atom is 0.307 e. The normalized spacial score (nSPS) is 16.0. The molecule has 1 aromatic heterocycles. The van der Waals surface area contributed by atoms with E-state index in [0.29, 0.717) is 16.8 Å². The summed E-state index contributed by atoms with van der Waals surface area (Å²) in [4.78, 5) is 14.2. The molecule has 1 N–H and O–H groups in total. The van der Waals surface area contributed by atoms with Gasteiger partial charge in [0.25, 0.3) is 0 Å². The van der Waals surface area contributed by atoms with Crippen LogP contribution in [0.1, 0.15) is 44.5 Å². The molecule has 1 aliphatic heterocycles. The zero-order chi connectivity index (χ0) is 23.5. The lowest BCUT2D eigenvalue weighted by Gasteiger charge is -2.36. The Morgan fingerprint density at radius 2 is 1.94 bits per heavy atom. The van der Waals surface area contributed by atoms with E-state index in [-0.39, 0.29) is 6.42 Å². The van der Waals surface area contributed by atoms with Crippen LogP contribution in [0.15, 0.2) is 24.3 Å². The first-order valence-electron chi connectivity index (χ1n) is 11.0. The first-order chi connectivity index (χ1) is 14.9. The number of aliphatic carboxylic acids is 1. The number of hydrogen-bond acceptors (Lipinski definition) is 3. The zero-order valence-electron chi connectivity index (χ0n) is 19.8. The van der Waals surface area contributed by atoms with Crippen LogP contribution in [0.3, 0.4) is 0 Å². The highest BCUT2D eigenvalue weighted by atomic mass is 35.5. The van der Waals surface area contributed by atoms with Gasteiger partial charge in [0, 0.05) is 41.3 Å². The Kier molecular flexibility index (Phi) is 5.44. The molecule has 6 heteroatoms. The number of hydrogen-bond donors (Lipinski definition) is 1. The maximum atomic E-state index is 12.0. The van der Waals surface area contributed by atoms with Crippen LogP contribution in [-0.2, 0) is 17.8 Å². The fraction of sp³-hybridized carbons (Fsp3) is 0.423. The number of likely N-dealkylation sites (N-methyl/N-ethyl adjacent to an activating group) is 1. The van der Waals surface area contributed by atoms with Gasteiger partial charge in [0.05, 0.1) is 17.6 Å². The molecule has 1 atom stereocenters. The maximum absolute atomic E-state index is 12.0. The van der Waals surface area contributed by atoms with Crippen molar-refractivity contribution >= 4 is 34.2 Å². The Morgan fingerprint density at radius 3 is 2.56 bits per heavy atom. The van der Waals surface area contributed by atoms with E-state index in [1.54, 1.807) is 0 Å². The van der Waals surface area contributed by atoms with Crippen molar-refractivity contribution < 1.29 is 14.6 Å². The number of ether oxygens (including phenoxy) is 1. The number of aromatic nitrogens is 1. The topological polar surface area (TPSA) is 54.7 Å². The summed E-state index contributed by atoms with van der Waals surface area (Å²) in [5.41, 5.74) is 6.61. The van der Waals surface area contributed by atoms with E-state index in [4.69, 9.17) is 16.3 Å². The largest absolute Gasteiger partial charge is 0.487 e. The first-order valence-corrected chi connectivity index (χ1v) is 11.4. The third-order valence-corrected chi connectivity index (χ3v) is 6.56. The number of benzene rings is 2. The Bertz CT molecular complexity index is 1240. The number of nitrogens with zero attached hydrogens (tertiary/aromatic N) is 2. The van der Waals surface area contributed by atoms with Gasteiger partial charge in [-0.3, -0.25) is 4.79 Å². The van der Waals surface area contributed by atoms with Crippen molar-refractivity contribution in [2.45, 2.75) is 66.2 Å². The molecule has 5 nitrogen and oxygen atoms in total. The second-order valence-electron chi connectivity index (χ2n) is 9.87. The number of carboxylic acid groups (broad SMARTS) is 1. The van der Waals surface area contributed by atoms with Crippen LogP contribution in [0, 0.1) is 13.8 Å². The summed E-state index contributed by atoms with van der Waals surface area (Å²) in [5, 5.41) is 11.5. The summed E-state index contributed by atoms with van der Waals surface area (Å²) in [6.07, 6.45) is -0.0614. The van der Waals surface area contributed by atoms with Crippen LogP contribution >= 0.6 is 11.6 Å². The highest BCUT2D eigenvalue weighted by Gasteiger charge is 2.31. The van der Waals surface area contributed by atoms with Gasteiger partial charge in [-0.05, 0) is 82.5 Å². The molecular weight excluding hydrogens is 424 g/mol. The summed E-state index contributed by atoms with van der Waals surface area (Å²) in [6, 6.07) is 8.12. The third-order valence-electron chi connectivity index (χ3n) is 6.33. The number of carbonyl (C=O) groups is 1. The summed E-state index contributed by atoms with van der Waals surface area (Å²) in [7, 11) is 2.10. The molecule has 1 aliphatic rings. The number of aryl methyl sites for hydroxylation is 1. The lowest BCUT2D eigenvalue weighted by molar-refractivity contribution is -0.136. The second kappa shape index (κ2) is 7.73. The van der Waals surface area contributed by atoms with Gasteiger partial charge in [-0.2, -0.15) is 0 Å². The summed E-state index contributed by atoms with van der Waals surface area (Å²) in [5.74, 6) is -0.190. The predicted molar refractivity (Wildman–Crippen MR) is 131 cm³/mol.